The molecule has 0 unspecified atom stereocenters. The number of rotatable bonds is 5. The Hall–Kier alpha value is -3.67. The molecule has 3 aromatic rings. The van der Waals surface area contributed by atoms with E-state index in [2.05, 4.69) is 0 Å². The zero-order valence-corrected chi connectivity index (χ0v) is 17.9. The normalized spacial score (nSPS) is 16.0. The smallest absolute Gasteiger partial charge is 0.254 e. The second-order valence-electron chi connectivity index (χ2n) is 7.84. The van der Waals surface area contributed by atoms with Gasteiger partial charge in [-0.25, -0.2) is 4.39 Å². The largest absolute Gasteiger partial charge is 0.489 e. The van der Waals surface area contributed by atoms with Crippen molar-refractivity contribution < 1.29 is 18.7 Å². The maximum absolute atomic E-state index is 13.4. The second kappa shape index (κ2) is 9.64. The van der Waals surface area contributed by atoms with E-state index in [9.17, 15) is 14.0 Å². The molecule has 32 heavy (non-hydrogen) atoms. The van der Waals surface area contributed by atoms with E-state index in [1.54, 1.807) is 48.2 Å². The summed E-state index contributed by atoms with van der Waals surface area (Å²) in [5.41, 5.74) is 2.22. The summed E-state index contributed by atoms with van der Waals surface area (Å²) in [5.74, 6) is 0.120. The van der Waals surface area contributed by atoms with Crippen molar-refractivity contribution in [2.24, 2.45) is 0 Å². The van der Waals surface area contributed by atoms with Crippen molar-refractivity contribution in [3.05, 3.63) is 101 Å². The van der Waals surface area contributed by atoms with Crippen LogP contribution in [0.5, 0.6) is 5.75 Å². The Morgan fingerprint density at radius 3 is 2.50 bits per heavy atom. The molecule has 1 heterocycles. The van der Waals surface area contributed by atoms with Crippen LogP contribution in [0, 0.1) is 5.82 Å². The molecule has 0 radical (unpaired) electrons. The fourth-order valence-electron chi connectivity index (χ4n) is 3.95. The van der Waals surface area contributed by atoms with Crippen LogP contribution in [0.3, 0.4) is 0 Å². The molecule has 0 N–H and O–H groups in total. The third kappa shape index (κ3) is 4.97. The van der Waals surface area contributed by atoms with Gasteiger partial charge in [-0.2, -0.15) is 0 Å². The van der Waals surface area contributed by atoms with Gasteiger partial charge in [-0.15, -0.1) is 0 Å². The molecule has 6 heteroatoms. The molecule has 0 spiro atoms. The number of halogens is 1. The molecule has 0 bridgehead atoms. The molecule has 3 aromatic carbocycles. The number of piperazine rings is 1. The molecular weight excluding hydrogens is 407 g/mol. The molecule has 1 aliphatic heterocycles. The van der Waals surface area contributed by atoms with Crippen LogP contribution in [-0.4, -0.2) is 41.2 Å². The molecule has 164 valence electrons. The first kappa shape index (κ1) is 21.6. The number of nitrogens with zero attached hydrogens (tertiary/aromatic N) is 2. The molecule has 0 saturated carbocycles. The van der Waals surface area contributed by atoms with Gasteiger partial charge in [-0.05, 0) is 41.5 Å². The molecule has 4 rings (SSSR count). The summed E-state index contributed by atoms with van der Waals surface area (Å²) in [4.78, 5) is 29.0. The van der Waals surface area contributed by atoms with Crippen molar-refractivity contribution in [1.82, 2.24) is 9.80 Å². The third-order valence-corrected chi connectivity index (χ3v) is 5.65. The van der Waals surface area contributed by atoms with Gasteiger partial charge in [0.1, 0.15) is 18.2 Å². The molecule has 5 nitrogen and oxygen atoms in total. The van der Waals surface area contributed by atoms with Gasteiger partial charge in [0.05, 0.1) is 6.04 Å². The van der Waals surface area contributed by atoms with Crippen LogP contribution in [0.25, 0.3) is 0 Å². The molecule has 2 amide bonds. The van der Waals surface area contributed by atoms with E-state index in [4.69, 9.17) is 4.74 Å². The second-order valence-corrected chi connectivity index (χ2v) is 7.84. The Balaban J connectivity index is 1.53. The Morgan fingerprint density at radius 2 is 1.75 bits per heavy atom. The number of carbonyl (C=O) groups excluding carboxylic acids is 2. The SMILES string of the molecule is CC(=O)N1CCN(C(=O)c2cccc(OCc3cccc(F)c3)c2)[C@H](c2ccccc2)C1. The summed E-state index contributed by atoms with van der Waals surface area (Å²) in [6.45, 7) is 3.17. The Kier molecular flexibility index (Phi) is 6.50. The van der Waals surface area contributed by atoms with E-state index in [1.807, 2.05) is 35.2 Å². The molecular formula is C26H25FN2O3. The fourth-order valence-corrected chi connectivity index (χ4v) is 3.95. The molecule has 1 saturated heterocycles. The van der Waals surface area contributed by atoms with E-state index < -0.39 is 0 Å². The highest BCUT2D eigenvalue weighted by Gasteiger charge is 2.33. The first-order valence-corrected chi connectivity index (χ1v) is 10.6. The van der Waals surface area contributed by atoms with Gasteiger partial charge in [-0.3, -0.25) is 9.59 Å². The van der Waals surface area contributed by atoms with Crippen LogP contribution in [0.15, 0.2) is 78.9 Å². The lowest BCUT2D eigenvalue weighted by Gasteiger charge is -2.41. The first-order chi connectivity index (χ1) is 15.5. The predicted molar refractivity (Wildman–Crippen MR) is 120 cm³/mol. The van der Waals surface area contributed by atoms with Gasteiger partial charge in [0.2, 0.25) is 5.91 Å². The topological polar surface area (TPSA) is 49.9 Å². The van der Waals surface area contributed by atoms with Crippen LogP contribution in [0.4, 0.5) is 4.39 Å². The average Bonchev–Trinajstić information content (AvgIpc) is 2.82. The van der Waals surface area contributed by atoms with Crippen molar-refractivity contribution in [2.45, 2.75) is 19.6 Å². The van der Waals surface area contributed by atoms with Gasteiger partial charge in [0.15, 0.2) is 0 Å². The minimum Gasteiger partial charge on any atom is -0.489 e. The number of ether oxygens (including phenoxy) is 1. The van der Waals surface area contributed by atoms with E-state index >= 15 is 0 Å². The van der Waals surface area contributed by atoms with E-state index in [0.29, 0.717) is 36.5 Å². The molecule has 0 aliphatic carbocycles. The minimum absolute atomic E-state index is 0.00535. The summed E-state index contributed by atoms with van der Waals surface area (Å²) in [5, 5.41) is 0. The predicted octanol–water partition coefficient (Wildman–Crippen LogP) is 4.45. The fraction of sp³-hybridized carbons (Fsp3) is 0.231. The van der Waals surface area contributed by atoms with Gasteiger partial charge >= 0.3 is 0 Å². The monoisotopic (exact) mass is 432 g/mol. The lowest BCUT2D eigenvalue weighted by molar-refractivity contribution is -0.131. The van der Waals surface area contributed by atoms with Crippen LogP contribution >= 0.6 is 0 Å². The van der Waals surface area contributed by atoms with Crippen molar-refractivity contribution in [2.75, 3.05) is 19.6 Å². The van der Waals surface area contributed by atoms with E-state index in [-0.39, 0.29) is 30.3 Å². The number of carbonyl (C=O) groups is 2. The first-order valence-electron chi connectivity index (χ1n) is 10.6. The number of hydrogen-bond acceptors (Lipinski definition) is 3. The van der Waals surface area contributed by atoms with Crippen LogP contribution in [-0.2, 0) is 11.4 Å². The number of amides is 2. The van der Waals surface area contributed by atoms with Crippen molar-refractivity contribution >= 4 is 11.8 Å². The number of hydrogen-bond donors (Lipinski definition) is 0. The highest BCUT2D eigenvalue weighted by atomic mass is 19.1. The zero-order valence-electron chi connectivity index (χ0n) is 17.9. The maximum atomic E-state index is 13.4. The molecule has 1 atom stereocenters. The van der Waals surface area contributed by atoms with Gasteiger partial charge < -0.3 is 14.5 Å². The van der Waals surface area contributed by atoms with Crippen LogP contribution in [0.1, 0.15) is 34.5 Å². The van der Waals surface area contributed by atoms with Crippen LogP contribution < -0.4 is 4.74 Å². The standard InChI is InChI=1S/C26H25FN2O3/c1-19(30)28-13-14-29(25(17-28)21-8-3-2-4-9-21)26(31)22-10-6-12-24(16-22)32-18-20-7-5-11-23(27)15-20/h2-12,15-16,25H,13-14,17-18H2,1H3/t25-/m0/s1. The van der Waals surface area contributed by atoms with Gasteiger partial charge in [-0.1, -0.05) is 48.5 Å². The summed E-state index contributed by atoms with van der Waals surface area (Å²) < 4.78 is 19.2. The lowest BCUT2D eigenvalue weighted by atomic mass is 10.0. The number of benzene rings is 3. The maximum Gasteiger partial charge on any atom is 0.254 e. The summed E-state index contributed by atoms with van der Waals surface area (Å²) in [6.07, 6.45) is 0. The zero-order chi connectivity index (χ0) is 22.5. The molecule has 0 aromatic heterocycles. The summed E-state index contributed by atoms with van der Waals surface area (Å²) >= 11 is 0. The Labute approximate surface area is 187 Å². The summed E-state index contributed by atoms with van der Waals surface area (Å²) in [6, 6.07) is 22.8. The van der Waals surface area contributed by atoms with Gasteiger partial charge in [0.25, 0.3) is 5.91 Å². The van der Waals surface area contributed by atoms with Gasteiger partial charge in [0, 0.05) is 32.1 Å². The molecule has 1 aliphatic rings. The molecule has 1 fully saturated rings. The van der Waals surface area contributed by atoms with Crippen molar-refractivity contribution in [3.63, 3.8) is 0 Å². The third-order valence-electron chi connectivity index (χ3n) is 5.65. The average molecular weight is 432 g/mol. The Morgan fingerprint density at radius 1 is 0.969 bits per heavy atom. The summed E-state index contributed by atoms with van der Waals surface area (Å²) in [7, 11) is 0. The highest BCUT2D eigenvalue weighted by Crippen LogP contribution is 2.28. The Bertz CT molecular complexity index is 1100. The van der Waals surface area contributed by atoms with E-state index in [1.165, 1.54) is 12.1 Å². The van der Waals surface area contributed by atoms with Crippen molar-refractivity contribution in [3.8, 4) is 5.75 Å². The van der Waals surface area contributed by atoms with E-state index in [0.717, 1.165) is 5.56 Å². The van der Waals surface area contributed by atoms with Crippen LogP contribution in [0.2, 0.25) is 0 Å². The quantitative estimate of drug-likeness (QED) is 0.599. The lowest BCUT2D eigenvalue weighted by Crippen LogP contribution is -2.51. The highest BCUT2D eigenvalue weighted by molar-refractivity contribution is 5.95. The van der Waals surface area contributed by atoms with Crippen molar-refractivity contribution in [1.29, 1.82) is 0 Å². The minimum atomic E-state index is -0.313.